The molecule has 0 atom stereocenters. The number of para-hydroxylation sites is 1. The summed E-state index contributed by atoms with van der Waals surface area (Å²) in [5.74, 6) is 0.591. The summed E-state index contributed by atoms with van der Waals surface area (Å²) in [5, 5.41) is 18.1. The number of benzene rings is 1. The molecule has 0 unspecified atom stereocenters. The summed E-state index contributed by atoms with van der Waals surface area (Å²) in [6, 6.07) is 9.21. The summed E-state index contributed by atoms with van der Waals surface area (Å²) < 4.78 is 0. The van der Waals surface area contributed by atoms with E-state index in [1.807, 2.05) is 18.2 Å². The zero-order chi connectivity index (χ0) is 14.8. The average molecular weight is 322 g/mol. The molecule has 7 heteroatoms. The average Bonchev–Trinajstić information content (AvgIpc) is 2.50. The molecule has 2 heterocycles. The Bertz CT molecular complexity index is 644. The van der Waals surface area contributed by atoms with E-state index in [0.29, 0.717) is 17.1 Å². The minimum absolute atomic E-state index is 0. The van der Waals surface area contributed by atoms with Gasteiger partial charge < -0.3 is 21.5 Å². The molecule has 0 radical (unpaired) electrons. The summed E-state index contributed by atoms with van der Waals surface area (Å²) in [6.07, 6.45) is 1.88. The maximum atomic E-state index is 9.94. The van der Waals surface area contributed by atoms with Gasteiger partial charge in [0.25, 0.3) is 0 Å². The number of aromatic hydroxyl groups is 1. The van der Waals surface area contributed by atoms with Gasteiger partial charge >= 0.3 is 0 Å². The minimum Gasteiger partial charge on any atom is -0.507 e. The van der Waals surface area contributed by atoms with Crippen molar-refractivity contribution in [3.8, 4) is 17.0 Å². The molecule has 5 N–H and O–H groups in total. The summed E-state index contributed by atoms with van der Waals surface area (Å²) in [6.45, 7) is 1.72. The third-order valence-electron chi connectivity index (χ3n) is 3.86. The number of hydrogen-bond donors (Lipinski definition) is 3. The lowest BCUT2D eigenvalue weighted by atomic mass is 10.0. The van der Waals surface area contributed by atoms with E-state index < -0.39 is 0 Å². The van der Waals surface area contributed by atoms with Crippen LogP contribution in [0.25, 0.3) is 11.3 Å². The van der Waals surface area contributed by atoms with Gasteiger partial charge in [-0.15, -0.1) is 22.6 Å². The molecular formula is C15H20ClN5O. The fourth-order valence-corrected chi connectivity index (χ4v) is 2.61. The van der Waals surface area contributed by atoms with E-state index in [9.17, 15) is 5.11 Å². The van der Waals surface area contributed by atoms with E-state index in [1.165, 1.54) is 0 Å². The highest BCUT2D eigenvalue weighted by molar-refractivity contribution is 5.85. The van der Waals surface area contributed by atoms with Crippen molar-refractivity contribution in [3.05, 3.63) is 30.3 Å². The number of anilines is 2. The normalized spacial score (nSPS) is 15.4. The minimum atomic E-state index is 0. The number of hydrogen-bond acceptors (Lipinski definition) is 6. The quantitative estimate of drug-likeness (QED) is 0.779. The van der Waals surface area contributed by atoms with Gasteiger partial charge in [0, 0.05) is 24.7 Å². The first-order valence-corrected chi connectivity index (χ1v) is 7.07. The highest BCUT2D eigenvalue weighted by atomic mass is 35.5. The van der Waals surface area contributed by atoms with E-state index in [0.717, 1.165) is 31.6 Å². The topological polar surface area (TPSA) is 101 Å². The number of nitrogen functional groups attached to an aromatic ring is 1. The van der Waals surface area contributed by atoms with Crippen molar-refractivity contribution in [1.29, 1.82) is 0 Å². The molecule has 1 fully saturated rings. The fraction of sp³-hybridized carbons (Fsp3) is 0.333. The maximum absolute atomic E-state index is 9.94. The first-order valence-electron chi connectivity index (χ1n) is 7.07. The van der Waals surface area contributed by atoms with Crippen LogP contribution in [0.3, 0.4) is 0 Å². The van der Waals surface area contributed by atoms with E-state index >= 15 is 0 Å². The lowest BCUT2D eigenvalue weighted by molar-refractivity contribution is 0.477. The molecule has 0 spiro atoms. The van der Waals surface area contributed by atoms with Gasteiger partial charge in [-0.25, -0.2) is 0 Å². The molecule has 0 bridgehead atoms. The number of phenols is 1. The number of nitrogens with two attached hydrogens (primary N) is 2. The highest BCUT2D eigenvalue weighted by Gasteiger charge is 2.20. The van der Waals surface area contributed by atoms with Crippen LogP contribution in [0.1, 0.15) is 12.8 Å². The first-order chi connectivity index (χ1) is 10.1. The maximum Gasteiger partial charge on any atom is 0.169 e. The van der Waals surface area contributed by atoms with Crippen molar-refractivity contribution in [2.24, 2.45) is 5.73 Å². The molecule has 1 aliphatic rings. The number of rotatable bonds is 2. The molecule has 2 aromatic rings. The van der Waals surface area contributed by atoms with E-state index in [1.54, 1.807) is 12.1 Å². The van der Waals surface area contributed by atoms with Gasteiger partial charge in [0.15, 0.2) is 5.82 Å². The van der Waals surface area contributed by atoms with Gasteiger partial charge in [-0.1, -0.05) is 12.1 Å². The van der Waals surface area contributed by atoms with Crippen LogP contribution in [0.4, 0.5) is 11.5 Å². The lowest BCUT2D eigenvalue weighted by Gasteiger charge is -2.32. The molecule has 1 saturated heterocycles. The first kappa shape index (κ1) is 16.3. The van der Waals surface area contributed by atoms with Crippen LogP contribution >= 0.6 is 12.4 Å². The Labute approximate surface area is 135 Å². The highest BCUT2D eigenvalue weighted by Crippen LogP contribution is 2.32. The summed E-state index contributed by atoms with van der Waals surface area (Å²) in [4.78, 5) is 2.18. The number of piperidine rings is 1. The van der Waals surface area contributed by atoms with Crippen LogP contribution in [0.5, 0.6) is 5.75 Å². The number of aromatic nitrogens is 2. The Morgan fingerprint density at radius 2 is 1.82 bits per heavy atom. The Morgan fingerprint density at radius 3 is 2.50 bits per heavy atom. The van der Waals surface area contributed by atoms with Crippen LogP contribution in [0.2, 0.25) is 0 Å². The van der Waals surface area contributed by atoms with Crippen LogP contribution in [0, 0.1) is 0 Å². The number of halogens is 1. The summed E-state index contributed by atoms with van der Waals surface area (Å²) in [5.41, 5.74) is 14.0. The Balaban J connectivity index is 0.00000176. The molecule has 0 saturated carbocycles. The van der Waals surface area contributed by atoms with Gasteiger partial charge in [-0.05, 0) is 31.0 Å². The van der Waals surface area contributed by atoms with Gasteiger partial charge in [-0.3, -0.25) is 0 Å². The third kappa shape index (κ3) is 3.23. The Kier molecular flexibility index (Phi) is 5.05. The molecule has 1 aromatic heterocycles. The van der Waals surface area contributed by atoms with Crippen LogP contribution in [-0.4, -0.2) is 34.4 Å². The molecule has 22 heavy (non-hydrogen) atoms. The van der Waals surface area contributed by atoms with Gasteiger partial charge in [0.1, 0.15) is 5.75 Å². The molecule has 0 amide bonds. The molecular weight excluding hydrogens is 302 g/mol. The van der Waals surface area contributed by atoms with Crippen molar-refractivity contribution in [3.63, 3.8) is 0 Å². The summed E-state index contributed by atoms with van der Waals surface area (Å²) in [7, 11) is 0. The second-order valence-corrected chi connectivity index (χ2v) is 5.34. The van der Waals surface area contributed by atoms with Crippen molar-refractivity contribution < 1.29 is 5.11 Å². The van der Waals surface area contributed by atoms with Gasteiger partial charge in [-0.2, -0.15) is 0 Å². The van der Waals surface area contributed by atoms with Crippen molar-refractivity contribution in [1.82, 2.24) is 10.2 Å². The standard InChI is InChI=1S/C15H19N5O.ClH/c16-10-5-7-20(8-6-10)13-9-12(18-19-15(13)17)11-3-1-2-4-14(11)21;/h1-4,9-10,21H,5-8,16H2,(H2,17,19);1H. The Hall–Kier alpha value is -2.05. The largest absolute Gasteiger partial charge is 0.507 e. The van der Waals surface area contributed by atoms with Gasteiger partial charge in [0.2, 0.25) is 0 Å². The predicted octanol–water partition coefficient (Wildman–Crippen LogP) is 1.78. The van der Waals surface area contributed by atoms with Gasteiger partial charge in [0.05, 0.1) is 11.4 Å². The van der Waals surface area contributed by atoms with E-state index in [2.05, 4.69) is 15.1 Å². The molecule has 1 aromatic carbocycles. The van der Waals surface area contributed by atoms with Crippen LogP contribution in [0.15, 0.2) is 30.3 Å². The summed E-state index contributed by atoms with van der Waals surface area (Å²) >= 11 is 0. The molecule has 1 aliphatic heterocycles. The van der Waals surface area contributed by atoms with E-state index in [4.69, 9.17) is 11.5 Å². The fourth-order valence-electron chi connectivity index (χ4n) is 2.61. The second kappa shape index (κ2) is 6.81. The zero-order valence-electron chi connectivity index (χ0n) is 12.1. The predicted molar refractivity (Wildman–Crippen MR) is 90.2 cm³/mol. The molecule has 0 aliphatic carbocycles. The molecule has 6 nitrogen and oxygen atoms in total. The second-order valence-electron chi connectivity index (χ2n) is 5.34. The smallest absolute Gasteiger partial charge is 0.169 e. The zero-order valence-corrected chi connectivity index (χ0v) is 13.0. The van der Waals surface area contributed by atoms with Crippen LogP contribution < -0.4 is 16.4 Å². The molecule has 3 rings (SSSR count). The third-order valence-corrected chi connectivity index (χ3v) is 3.86. The lowest BCUT2D eigenvalue weighted by Crippen LogP contribution is -2.40. The number of nitrogens with zero attached hydrogens (tertiary/aromatic N) is 3. The van der Waals surface area contributed by atoms with E-state index in [-0.39, 0.29) is 24.2 Å². The van der Waals surface area contributed by atoms with Crippen molar-refractivity contribution in [2.45, 2.75) is 18.9 Å². The van der Waals surface area contributed by atoms with Crippen LogP contribution in [-0.2, 0) is 0 Å². The monoisotopic (exact) mass is 321 g/mol. The van der Waals surface area contributed by atoms with Crippen molar-refractivity contribution >= 4 is 23.9 Å². The SMILES string of the molecule is Cl.Nc1nnc(-c2ccccc2O)cc1N1CCC(N)CC1. The number of phenolic OH excluding ortho intramolecular Hbond substituents is 1. The Morgan fingerprint density at radius 1 is 1.14 bits per heavy atom. The molecule has 118 valence electrons. The van der Waals surface area contributed by atoms with Crippen molar-refractivity contribution in [2.75, 3.05) is 23.7 Å².